The summed E-state index contributed by atoms with van der Waals surface area (Å²) in [5, 5.41) is 12.1. The van der Waals surface area contributed by atoms with Crippen LogP contribution in [0.5, 0.6) is 0 Å². The number of anilines is 1. The molecule has 1 aliphatic carbocycles. The van der Waals surface area contributed by atoms with Gasteiger partial charge in [0.2, 0.25) is 0 Å². The third kappa shape index (κ3) is 3.31. The number of rotatable bonds is 5. The fraction of sp³-hybridized carbons (Fsp3) is 0.263. The quantitative estimate of drug-likeness (QED) is 0.884. The van der Waals surface area contributed by atoms with E-state index in [1.807, 2.05) is 12.1 Å². The Morgan fingerprint density at radius 3 is 2.79 bits per heavy atom. The summed E-state index contributed by atoms with van der Waals surface area (Å²) in [5.41, 5.74) is 4.27. The van der Waals surface area contributed by atoms with Gasteiger partial charge in [-0.15, -0.1) is 0 Å². The molecular weight excluding hydrogens is 306 g/mol. The second-order valence-corrected chi connectivity index (χ2v) is 5.91. The van der Waals surface area contributed by atoms with Crippen molar-refractivity contribution >= 4 is 17.6 Å². The number of hydrogen-bond acceptors (Lipinski definition) is 3. The van der Waals surface area contributed by atoms with E-state index in [-0.39, 0.29) is 18.1 Å². The molecule has 24 heavy (non-hydrogen) atoms. The van der Waals surface area contributed by atoms with Gasteiger partial charge in [0.25, 0.3) is 5.91 Å². The number of carboxylic acid groups (broad SMARTS) is 1. The molecule has 1 amide bonds. The largest absolute Gasteiger partial charge is 0.478 e. The zero-order chi connectivity index (χ0) is 17.1. The first-order valence-corrected chi connectivity index (χ1v) is 7.87. The Morgan fingerprint density at radius 2 is 2.04 bits per heavy atom. The molecule has 5 nitrogen and oxygen atoms in total. The third-order valence-corrected chi connectivity index (χ3v) is 4.20. The number of nitrogens with one attached hydrogen (secondary N) is 1. The molecule has 0 aromatic heterocycles. The summed E-state index contributed by atoms with van der Waals surface area (Å²) in [4.78, 5) is 23.9. The Hall–Kier alpha value is -2.66. The lowest BCUT2D eigenvalue weighted by molar-refractivity contribution is 0.0696. The van der Waals surface area contributed by atoms with Crippen molar-refractivity contribution in [3.8, 4) is 0 Å². The Morgan fingerprint density at radius 1 is 1.21 bits per heavy atom. The van der Waals surface area contributed by atoms with Crippen LogP contribution in [0.15, 0.2) is 36.4 Å². The van der Waals surface area contributed by atoms with Gasteiger partial charge in [-0.05, 0) is 60.2 Å². The number of aromatic carboxylic acids is 1. The number of carboxylic acids is 1. The lowest BCUT2D eigenvalue weighted by Crippen LogP contribution is -2.15. The summed E-state index contributed by atoms with van der Waals surface area (Å²) in [6.45, 7) is 0.282. The molecule has 0 radical (unpaired) electrons. The highest BCUT2D eigenvalue weighted by atomic mass is 16.5. The zero-order valence-electron chi connectivity index (χ0n) is 13.5. The van der Waals surface area contributed by atoms with E-state index in [0.29, 0.717) is 16.8 Å². The Kier molecular flexibility index (Phi) is 4.62. The molecule has 2 aromatic carbocycles. The summed E-state index contributed by atoms with van der Waals surface area (Å²) >= 11 is 0. The molecule has 0 saturated carbocycles. The van der Waals surface area contributed by atoms with Crippen molar-refractivity contribution in [3.63, 3.8) is 0 Å². The Balaban J connectivity index is 1.89. The number of carbonyl (C=O) groups excluding carboxylic acids is 1. The van der Waals surface area contributed by atoms with Crippen molar-refractivity contribution < 1.29 is 19.4 Å². The van der Waals surface area contributed by atoms with Crippen LogP contribution in [0.25, 0.3) is 0 Å². The molecule has 0 saturated heterocycles. The van der Waals surface area contributed by atoms with Crippen LogP contribution >= 0.6 is 0 Å². The smallest absolute Gasteiger partial charge is 0.335 e. The van der Waals surface area contributed by atoms with Crippen LogP contribution in [0.2, 0.25) is 0 Å². The molecule has 3 rings (SSSR count). The Labute approximate surface area is 140 Å². The molecule has 0 bridgehead atoms. The van der Waals surface area contributed by atoms with Crippen molar-refractivity contribution in [2.45, 2.75) is 25.9 Å². The zero-order valence-corrected chi connectivity index (χ0v) is 13.5. The summed E-state index contributed by atoms with van der Waals surface area (Å²) in [5.74, 6) is -1.25. The first-order chi connectivity index (χ1) is 11.6. The van der Waals surface area contributed by atoms with Crippen molar-refractivity contribution in [1.82, 2.24) is 0 Å². The standard InChI is InChI=1S/C19H19NO4/c1-24-11-12-8-14(19(22)23)10-15(9-12)20-18(21)17-7-3-5-13-4-2-6-16(13)17/h3,5,7-10H,2,4,6,11H2,1H3,(H,20,21)(H,22,23). The van der Waals surface area contributed by atoms with E-state index in [4.69, 9.17) is 4.74 Å². The van der Waals surface area contributed by atoms with E-state index in [1.165, 1.54) is 11.6 Å². The Bertz CT molecular complexity index is 798. The topological polar surface area (TPSA) is 75.6 Å². The number of aryl methyl sites for hydroxylation is 1. The summed E-state index contributed by atoms with van der Waals surface area (Å²) < 4.78 is 5.06. The maximum atomic E-state index is 12.6. The average Bonchev–Trinajstić information content (AvgIpc) is 3.03. The maximum absolute atomic E-state index is 12.6. The van der Waals surface area contributed by atoms with Crippen LogP contribution < -0.4 is 5.32 Å². The van der Waals surface area contributed by atoms with Crippen molar-refractivity contribution in [2.75, 3.05) is 12.4 Å². The van der Waals surface area contributed by atoms with Gasteiger partial charge in [0.15, 0.2) is 0 Å². The monoisotopic (exact) mass is 325 g/mol. The summed E-state index contributed by atoms with van der Waals surface area (Å²) in [6, 6.07) is 10.5. The van der Waals surface area contributed by atoms with E-state index in [1.54, 1.807) is 19.2 Å². The molecule has 0 unspecified atom stereocenters. The molecule has 2 N–H and O–H groups in total. The minimum absolute atomic E-state index is 0.123. The van der Waals surface area contributed by atoms with E-state index < -0.39 is 5.97 Å². The fourth-order valence-electron chi connectivity index (χ4n) is 3.17. The first kappa shape index (κ1) is 16.2. The molecule has 0 heterocycles. The van der Waals surface area contributed by atoms with Gasteiger partial charge in [-0.2, -0.15) is 0 Å². The second-order valence-electron chi connectivity index (χ2n) is 5.91. The SMILES string of the molecule is COCc1cc(NC(=O)c2cccc3c2CCC3)cc(C(=O)O)c1. The predicted molar refractivity (Wildman–Crippen MR) is 90.5 cm³/mol. The van der Waals surface area contributed by atoms with E-state index in [2.05, 4.69) is 11.4 Å². The van der Waals surface area contributed by atoms with Gasteiger partial charge in [0.05, 0.1) is 12.2 Å². The number of ether oxygens (including phenoxy) is 1. The van der Waals surface area contributed by atoms with Crippen LogP contribution in [0, 0.1) is 0 Å². The van der Waals surface area contributed by atoms with Crippen LogP contribution in [0.4, 0.5) is 5.69 Å². The number of hydrogen-bond donors (Lipinski definition) is 2. The van der Waals surface area contributed by atoms with Crippen LogP contribution in [-0.2, 0) is 24.2 Å². The van der Waals surface area contributed by atoms with E-state index in [0.717, 1.165) is 24.8 Å². The molecule has 0 aliphatic heterocycles. The lowest BCUT2D eigenvalue weighted by Gasteiger charge is -2.11. The van der Waals surface area contributed by atoms with Gasteiger partial charge in [-0.3, -0.25) is 4.79 Å². The van der Waals surface area contributed by atoms with Gasteiger partial charge < -0.3 is 15.2 Å². The number of methoxy groups -OCH3 is 1. The van der Waals surface area contributed by atoms with Gasteiger partial charge >= 0.3 is 5.97 Å². The fourth-order valence-corrected chi connectivity index (χ4v) is 3.17. The van der Waals surface area contributed by atoms with Gasteiger partial charge in [0.1, 0.15) is 0 Å². The van der Waals surface area contributed by atoms with E-state index >= 15 is 0 Å². The highest BCUT2D eigenvalue weighted by Crippen LogP contribution is 2.26. The van der Waals surface area contributed by atoms with Gasteiger partial charge in [-0.25, -0.2) is 4.79 Å². The number of amides is 1. The number of carbonyl (C=O) groups is 2. The van der Waals surface area contributed by atoms with E-state index in [9.17, 15) is 14.7 Å². The molecule has 2 aromatic rings. The molecule has 5 heteroatoms. The summed E-state index contributed by atoms with van der Waals surface area (Å²) in [6.07, 6.45) is 2.97. The predicted octanol–water partition coefficient (Wildman–Crippen LogP) is 3.27. The molecule has 0 fully saturated rings. The van der Waals surface area contributed by atoms with Crippen molar-refractivity contribution in [1.29, 1.82) is 0 Å². The molecule has 124 valence electrons. The molecule has 0 atom stereocenters. The third-order valence-electron chi connectivity index (χ3n) is 4.20. The minimum Gasteiger partial charge on any atom is -0.478 e. The van der Waals surface area contributed by atoms with Gasteiger partial charge in [0, 0.05) is 18.4 Å². The minimum atomic E-state index is -1.04. The highest BCUT2D eigenvalue weighted by molar-refractivity contribution is 6.06. The first-order valence-electron chi connectivity index (χ1n) is 7.87. The molecule has 1 aliphatic rings. The van der Waals surface area contributed by atoms with Crippen LogP contribution in [-0.4, -0.2) is 24.1 Å². The molecule has 0 spiro atoms. The lowest BCUT2D eigenvalue weighted by atomic mass is 10.0. The average molecular weight is 325 g/mol. The maximum Gasteiger partial charge on any atom is 0.335 e. The number of benzene rings is 2. The van der Waals surface area contributed by atoms with Crippen molar-refractivity contribution in [3.05, 3.63) is 64.2 Å². The normalized spacial score (nSPS) is 12.7. The number of fused-ring (bicyclic) bond motifs is 1. The highest BCUT2D eigenvalue weighted by Gasteiger charge is 2.19. The van der Waals surface area contributed by atoms with Crippen molar-refractivity contribution in [2.24, 2.45) is 0 Å². The summed E-state index contributed by atoms with van der Waals surface area (Å²) in [7, 11) is 1.54. The second kappa shape index (κ2) is 6.84. The van der Waals surface area contributed by atoms with Gasteiger partial charge in [-0.1, -0.05) is 12.1 Å². The molecular formula is C19H19NO4. The van der Waals surface area contributed by atoms with Crippen LogP contribution in [0.3, 0.4) is 0 Å². The van der Waals surface area contributed by atoms with Crippen LogP contribution in [0.1, 0.15) is 43.8 Å².